The Kier molecular flexibility index (Phi) is 3.45. The Morgan fingerprint density at radius 1 is 1.23 bits per heavy atom. The van der Waals surface area contributed by atoms with E-state index >= 15 is 0 Å². The van der Waals surface area contributed by atoms with Crippen molar-refractivity contribution in [3.8, 4) is 5.75 Å². The lowest BCUT2D eigenvalue weighted by Crippen LogP contribution is -2.43. The van der Waals surface area contributed by atoms with Gasteiger partial charge in [-0.3, -0.25) is 4.90 Å². The van der Waals surface area contributed by atoms with Crippen molar-refractivity contribution in [1.82, 2.24) is 4.90 Å². The Morgan fingerprint density at radius 2 is 2.18 bits per heavy atom. The molecule has 3 nitrogen and oxygen atoms in total. The maximum absolute atomic E-state index is 9.79. The normalized spacial score (nSPS) is 28.1. The van der Waals surface area contributed by atoms with Crippen LogP contribution < -0.4 is 0 Å². The van der Waals surface area contributed by atoms with Gasteiger partial charge in [0.05, 0.1) is 6.26 Å². The highest BCUT2D eigenvalue weighted by Gasteiger charge is 2.46. The van der Waals surface area contributed by atoms with E-state index in [1.54, 1.807) is 12.3 Å². The standard InChI is InChI=1S/C19H23NO2/c21-17-4-1-3-15(13-17)19-8-6-16(14-19)20(11-9-19)10-7-18-5-2-12-22-18/h1-5,12-13,16,21H,6-11,14H2. The molecule has 2 aliphatic rings. The maximum Gasteiger partial charge on any atom is 0.115 e. The smallest absolute Gasteiger partial charge is 0.115 e. The molecule has 0 amide bonds. The van der Waals surface area contributed by atoms with E-state index in [-0.39, 0.29) is 0 Å². The van der Waals surface area contributed by atoms with Crippen LogP contribution in [0.25, 0.3) is 0 Å². The van der Waals surface area contributed by atoms with Gasteiger partial charge in [-0.05, 0) is 67.5 Å². The van der Waals surface area contributed by atoms with Gasteiger partial charge < -0.3 is 9.52 Å². The molecule has 2 bridgehead atoms. The molecule has 3 heteroatoms. The molecule has 0 spiro atoms. The van der Waals surface area contributed by atoms with Gasteiger partial charge in [0, 0.05) is 19.0 Å². The Labute approximate surface area is 131 Å². The predicted molar refractivity (Wildman–Crippen MR) is 86.0 cm³/mol. The summed E-state index contributed by atoms with van der Waals surface area (Å²) in [5, 5.41) is 9.79. The fourth-order valence-corrected chi connectivity index (χ4v) is 4.42. The van der Waals surface area contributed by atoms with Gasteiger partial charge in [0.1, 0.15) is 11.5 Å². The van der Waals surface area contributed by atoms with Gasteiger partial charge in [-0.2, -0.15) is 0 Å². The molecule has 0 radical (unpaired) electrons. The van der Waals surface area contributed by atoms with E-state index in [1.807, 2.05) is 18.2 Å². The molecule has 2 heterocycles. The molecule has 116 valence electrons. The quantitative estimate of drug-likeness (QED) is 0.934. The highest BCUT2D eigenvalue weighted by atomic mass is 16.3. The summed E-state index contributed by atoms with van der Waals surface area (Å²) in [5.41, 5.74) is 1.63. The highest BCUT2D eigenvalue weighted by Crippen LogP contribution is 2.49. The molecular weight excluding hydrogens is 274 g/mol. The predicted octanol–water partition coefficient (Wildman–Crippen LogP) is 3.72. The van der Waals surface area contributed by atoms with Crippen LogP contribution in [0, 0.1) is 0 Å². The number of rotatable bonds is 4. The average molecular weight is 297 g/mol. The molecule has 1 saturated heterocycles. The monoisotopic (exact) mass is 297 g/mol. The number of piperidine rings is 1. The van der Waals surface area contributed by atoms with Crippen molar-refractivity contribution in [2.75, 3.05) is 13.1 Å². The molecule has 2 fully saturated rings. The van der Waals surface area contributed by atoms with Gasteiger partial charge in [-0.1, -0.05) is 12.1 Å². The van der Waals surface area contributed by atoms with Crippen LogP contribution in [0.5, 0.6) is 5.75 Å². The zero-order valence-corrected chi connectivity index (χ0v) is 12.9. The molecule has 2 unspecified atom stereocenters. The van der Waals surface area contributed by atoms with Crippen LogP contribution >= 0.6 is 0 Å². The van der Waals surface area contributed by atoms with Crippen LogP contribution in [0.2, 0.25) is 0 Å². The highest BCUT2D eigenvalue weighted by molar-refractivity contribution is 5.35. The van der Waals surface area contributed by atoms with Gasteiger partial charge in [-0.25, -0.2) is 0 Å². The number of benzene rings is 1. The van der Waals surface area contributed by atoms with E-state index in [1.165, 1.54) is 31.2 Å². The lowest BCUT2D eigenvalue weighted by atomic mass is 9.74. The minimum Gasteiger partial charge on any atom is -0.508 e. The molecule has 1 aliphatic heterocycles. The summed E-state index contributed by atoms with van der Waals surface area (Å²) in [6.07, 6.45) is 7.71. The second kappa shape index (κ2) is 5.47. The number of hydrogen-bond acceptors (Lipinski definition) is 3. The van der Waals surface area contributed by atoms with Gasteiger partial charge in [0.15, 0.2) is 0 Å². The van der Waals surface area contributed by atoms with Crippen molar-refractivity contribution < 1.29 is 9.52 Å². The summed E-state index contributed by atoms with van der Waals surface area (Å²) >= 11 is 0. The second-order valence-corrected chi connectivity index (χ2v) is 6.84. The number of phenolic OH excluding ortho intramolecular Hbond substituents is 1. The lowest BCUT2D eigenvalue weighted by molar-refractivity contribution is 0.140. The largest absolute Gasteiger partial charge is 0.508 e. The molecule has 1 N–H and O–H groups in total. The molecule has 1 aromatic carbocycles. The summed E-state index contributed by atoms with van der Waals surface area (Å²) in [4.78, 5) is 2.64. The third-order valence-corrected chi connectivity index (χ3v) is 5.66. The third-order valence-electron chi connectivity index (χ3n) is 5.66. The van der Waals surface area contributed by atoms with E-state index in [2.05, 4.69) is 17.0 Å². The summed E-state index contributed by atoms with van der Waals surface area (Å²) in [6, 6.07) is 12.6. The van der Waals surface area contributed by atoms with Crippen molar-refractivity contribution in [2.24, 2.45) is 0 Å². The Bertz CT molecular complexity index is 637. The molecule has 2 atom stereocenters. The van der Waals surface area contributed by atoms with E-state index in [9.17, 15) is 5.11 Å². The fourth-order valence-electron chi connectivity index (χ4n) is 4.42. The van der Waals surface area contributed by atoms with E-state index in [0.29, 0.717) is 17.2 Å². The molecular formula is C19H23NO2. The zero-order valence-electron chi connectivity index (χ0n) is 12.9. The number of fused-ring (bicyclic) bond motifs is 2. The molecule has 1 saturated carbocycles. The molecule has 2 aromatic rings. The fraction of sp³-hybridized carbons (Fsp3) is 0.474. The van der Waals surface area contributed by atoms with Crippen LogP contribution in [-0.2, 0) is 11.8 Å². The Balaban J connectivity index is 1.45. The van der Waals surface area contributed by atoms with Crippen LogP contribution in [0.1, 0.15) is 37.0 Å². The number of furan rings is 1. The number of nitrogens with zero attached hydrogens (tertiary/aromatic N) is 1. The molecule has 22 heavy (non-hydrogen) atoms. The van der Waals surface area contributed by atoms with Crippen LogP contribution in [0.15, 0.2) is 47.1 Å². The second-order valence-electron chi connectivity index (χ2n) is 6.84. The topological polar surface area (TPSA) is 36.6 Å². The van der Waals surface area contributed by atoms with Crippen LogP contribution in [0.4, 0.5) is 0 Å². The summed E-state index contributed by atoms with van der Waals surface area (Å²) in [6.45, 7) is 2.25. The van der Waals surface area contributed by atoms with E-state index in [0.717, 1.165) is 25.3 Å². The van der Waals surface area contributed by atoms with Crippen molar-refractivity contribution in [1.29, 1.82) is 0 Å². The van der Waals surface area contributed by atoms with Crippen molar-refractivity contribution in [3.05, 3.63) is 54.0 Å². The Hall–Kier alpha value is -1.74. The van der Waals surface area contributed by atoms with Gasteiger partial charge >= 0.3 is 0 Å². The summed E-state index contributed by atoms with van der Waals surface area (Å²) in [7, 11) is 0. The van der Waals surface area contributed by atoms with Gasteiger partial charge in [-0.15, -0.1) is 0 Å². The van der Waals surface area contributed by atoms with Gasteiger partial charge in [0.25, 0.3) is 0 Å². The Morgan fingerprint density at radius 3 is 3.00 bits per heavy atom. The number of hydrogen-bond donors (Lipinski definition) is 1. The summed E-state index contributed by atoms with van der Waals surface area (Å²) < 4.78 is 5.45. The minimum atomic E-state index is 0.296. The third kappa shape index (κ3) is 2.44. The maximum atomic E-state index is 9.79. The molecule has 4 rings (SSSR count). The lowest BCUT2D eigenvalue weighted by Gasteiger charge is -2.40. The van der Waals surface area contributed by atoms with Crippen molar-refractivity contribution in [2.45, 2.75) is 43.6 Å². The van der Waals surface area contributed by atoms with E-state index < -0.39 is 0 Å². The number of likely N-dealkylation sites (tertiary alicyclic amines) is 1. The van der Waals surface area contributed by atoms with Crippen LogP contribution in [-0.4, -0.2) is 29.1 Å². The van der Waals surface area contributed by atoms with Crippen molar-refractivity contribution >= 4 is 0 Å². The zero-order chi connectivity index (χ0) is 15.0. The average Bonchev–Trinajstić information content (AvgIpc) is 3.16. The first-order chi connectivity index (χ1) is 10.8. The van der Waals surface area contributed by atoms with E-state index in [4.69, 9.17) is 4.42 Å². The first kappa shape index (κ1) is 13.9. The first-order valence-electron chi connectivity index (χ1n) is 8.31. The molecule has 1 aromatic heterocycles. The number of phenols is 1. The van der Waals surface area contributed by atoms with Crippen molar-refractivity contribution in [3.63, 3.8) is 0 Å². The van der Waals surface area contributed by atoms with Gasteiger partial charge in [0.2, 0.25) is 0 Å². The number of aromatic hydroxyl groups is 1. The SMILES string of the molecule is Oc1cccc(C23CCC(C2)N(CCc2ccco2)CC3)c1. The first-order valence-corrected chi connectivity index (χ1v) is 8.31. The minimum absolute atomic E-state index is 0.296. The molecule has 1 aliphatic carbocycles. The summed E-state index contributed by atoms with van der Waals surface area (Å²) in [5.74, 6) is 1.48. The van der Waals surface area contributed by atoms with Crippen LogP contribution in [0.3, 0.4) is 0 Å².